The Kier molecular flexibility index (Phi) is 4.74. The molecule has 2 aromatic rings. The molecule has 0 amide bonds. The van der Waals surface area contributed by atoms with Crippen molar-refractivity contribution in [3.05, 3.63) is 80.4 Å². The number of rotatable bonds is 5. The second-order valence-electron chi connectivity index (χ2n) is 4.95. The summed E-state index contributed by atoms with van der Waals surface area (Å²) >= 11 is 5.86. The van der Waals surface area contributed by atoms with E-state index in [0.29, 0.717) is 11.4 Å². The van der Waals surface area contributed by atoms with Crippen LogP contribution in [0.2, 0.25) is 5.02 Å². The zero-order valence-electron chi connectivity index (χ0n) is 11.3. The second kappa shape index (κ2) is 6.53. The fourth-order valence-corrected chi connectivity index (χ4v) is 2.34. The monoisotopic (exact) mass is 289 g/mol. The average molecular weight is 290 g/mol. The number of hydrogen-bond donors (Lipinski definition) is 0. The highest BCUT2D eigenvalue weighted by atomic mass is 35.5. The van der Waals surface area contributed by atoms with Gasteiger partial charge in [-0.3, -0.25) is 10.1 Å². The first-order chi connectivity index (χ1) is 9.54. The molecule has 0 aliphatic rings. The van der Waals surface area contributed by atoms with Crippen molar-refractivity contribution in [2.75, 3.05) is 6.54 Å². The third-order valence-corrected chi connectivity index (χ3v) is 3.57. The summed E-state index contributed by atoms with van der Waals surface area (Å²) in [6.07, 6.45) is 0.640. The van der Waals surface area contributed by atoms with Crippen LogP contribution in [-0.2, 0) is 6.42 Å². The molecule has 0 saturated heterocycles. The van der Waals surface area contributed by atoms with Gasteiger partial charge in [-0.2, -0.15) is 0 Å². The van der Waals surface area contributed by atoms with Gasteiger partial charge in [-0.25, -0.2) is 0 Å². The van der Waals surface area contributed by atoms with E-state index in [1.165, 1.54) is 0 Å². The molecule has 4 heteroatoms. The van der Waals surface area contributed by atoms with Gasteiger partial charge in [0, 0.05) is 9.95 Å². The van der Waals surface area contributed by atoms with Gasteiger partial charge in [0.25, 0.3) is 0 Å². The summed E-state index contributed by atoms with van der Waals surface area (Å²) < 4.78 is 0. The first kappa shape index (κ1) is 14.5. The molecule has 0 bridgehead atoms. The maximum atomic E-state index is 10.9. The summed E-state index contributed by atoms with van der Waals surface area (Å²) in [6.45, 7) is 1.94. The predicted octanol–water partition coefficient (Wildman–Crippen LogP) is 4.25. The van der Waals surface area contributed by atoms with Crippen molar-refractivity contribution in [2.24, 2.45) is 0 Å². The van der Waals surface area contributed by atoms with Crippen LogP contribution in [0.4, 0.5) is 0 Å². The van der Waals surface area contributed by atoms with E-state index in [4.69, 9.17) is 11.6 Å². The normalized spacial score (nSPS) is 12.1. The molecule has 104 valence electrons. The van der Waals surface area contributed by atoms with Crippen LogP contribution in [0.25, 0.3) is 0 Å². The van der Waals surface area contributed by atoms with Crippen molar-refractivity contribution in [3.63, 3.8) is 0 Å². The number of aryl methyl sites for hydroxylation is 1. The topological polar surface area (TPSA) is 43.1 Å². The minimum atomic E-state index is -0.250. The average Bonchev–Trinajstić information content (AvgIpc) is 2.41. The van der Waals surface area contributed by atoms with Crippen LogP contribution in [-0.4, -0.2) is 11.5 Å². The smallest absolute Gasteiger partial charge is 0.210 e. The molecule has 3 nitrogen and oxygen atoms in total. The van der Waals surface area contributed by atoms with E-state index < -0.39 is 0 Å². The third-order valence-electron chi connectivity index (χ3n) is 3.31. The van der Waals surface area contributed by atoms with E-state index in [0.717, 1.165) is 16.7 Å². The summed E-state index contributed by atoms with van der Waals surface area (Å²) in [5.41, 5.74) is 3.21. The molecule has 0 radical (unpaired) electrons. The molecule has 0 spiro atoms. The molecule has 1 atom stereocenters. The Balaban J connectivity index is 2.21. The molecule has 2 rings (SSSR count). The molecule has 0 aliphatic carbocycles. The van der Waals surface area contributed by atoms with E-state index in [1.54, 1.807) is 0 Å². The summed E-state index contributed by atoms with van der Waals surface area (Å²) in [6, 6.07) is 15.4. The Morgan fingerprint density at radius 3 is 2.25 bits per heavy atom. The Morgan fingerprint density at radius 1 is 1.10 bits per heavy atom. The zero-order valence-corrected chi connectivity index (χ0v) is 12.0. The van der Waals surface area contributed by atoms with E-state index in [9.17, 15) is 10.1 Å². The fraction of sp³-hybridized carbons (Fsp3) is 0.250. The van der Waals surface area contributed by atoms with Gasteiger partial charge < -0.3 is 0 Å². The van der Waals surface area contributed by atoms with Crippen LogP contribution >= 0.6 is 11.6 Å². The van der Waals surface area contributed by atoms with Gasteiger partial charge in [-0.1, -0.05) is 53.6 Å². The van der Waals surface area contributed by atoms with Gasteiger partial charge in [0.15, 0.2) is 0 Å². The lowest BCUT2D eigenvalue weighted by atomic mass is 9.91. The number of benzene rings is 2. The third kappa shape index (κ3) is 4.07. The first-order valence-corrected chi connectivity index (χ1v) is 6.85. The lowest BCUT2D eigenvalue weighted by molar-refractivity contribution is -0.483. The Morgan fingerprint density at radius 2 is 1.70 bits per heavy atom. The first-order valence-electron chi connectivity index (χ1n) is 6.47. The van der Waals surface area contributed by atoms with Crippen LogP contribution in [0.5, 0.6) is 0 Å². The van der Waals surface area contributed by atoms with Crippen molar-refractivity contribution in [1.82, 2.24) is 0 Å². The molecular weight excluding hydrogens is 274 g/mol. The van der Waals surface area contributed by atoms with Crippen molar-refractivity contribution < 1.29 is 4.92 Å². The van der Waals surface area contributed by atoms with Crippen molar-refractivity contribution in [1.29, 1.82) is 0 Å². The maximum Gasteiger partial charge on any atom is 0.210 e. The molecule has 0 heterocycles. The number of nitrogens with zero attached hydrogens (tertiary/aromatic N) is 1. The van der Waals surface area contributed by atoms with Crippen molar-refractivity contribution >= 4 is 11.6 Å². The number of halogens is 1. The van der Waals surface area contributed by atoms with Gasteiger partial charge in [0.1, 0.15) is 0 Å². The Hall–Kier alpha value is -1.87. The minimum absolute atomic E-state index is 0.0638. The van der Waals surface area contributed by atoms with Gasteiger partial charge >= 0.3 is 0 Å². The molecule has 0 aromatic heterocycles. The Bertz CT molecular complexity index is 578. The van der Waals surface area contributed by atoms with Crippen molar-refractivity contribution in [3.8, 4) is 0 Å². The highest BCUT2D eigenvalue weighted by molar-refractivity contribution is 6.30. The second-order valence-corrected chi connectivity index (χ2v) is 5.39. The number of nitro groups is 1. The SMILES string of the molecule is Cc1ccc(C(Cc2ccc(Cl)cc2)C[N+](=O)[O-])cc1. The van der Waals surface area contributed by atoms with Gasteiger partial charge in [-0.15, -0.1) is 0 Å². The molecule has 0 fully saturated rings. The van der Waals surface area contributed by atoms with E-state index in [-0.39, 0.29) is 17.4 Å². The predicted molar refractivity (Wildman–Crippen MR) is 80.9 cm³/mol. The molecule has 0 saturated carbocycles. The fourth-order valence-electron chi connectivity index (χ4n) is 2.21. The van der Waals surface area contributed by atoms with E-state index in [2.05, 4.69) is 0 Å². The zero-order chi connectivity index (χ0) is 14.5. The summed E-state index contributed by atoms with van der Waals surface area (Å²) in [5, 5.41) is 11.6. The van der Waals surface area contributed by atoms with Crippen molar-refractivity contribution in [2.45, 2.75) is 19.3 Å². The largest absolute Gasteiger partial charge is 0.265 e. The molecule has 2 aromatic carbocycles. The van der Waals surface area contributed by atoms with E-state index in [1.807, 2.05) is 55.5 Å². The maximum absolute atomic E-state index is 10.9. The molecule has 20 heavy (non-hydrogen) atoms. The van der Waals surface area contributed by atoms with Gasteiger partial charge in [0.05, 0.1) is 5.92 Å². The molecule has 1 unspecified atom stereocenters. The van der Waals surface area contributed by atoms with Gasteiger partial charge in [0.2, 0.25) is 6.54 Å². The highest BCUT2D eigenvalue weighted by Crippen LogP contribution is 2.22. The van der Waals surface area contributed by atoms with E-state index >= 15 is 0 Å². The van der Waals surface area contributed by atoms with Crippen LogP contribution in [0.1, 0.15) is 22.6 Å². The minimum Gasteiger partial charge on any atom is -0.265 e. The summed E-state index contributed by atoms with van der Waals surface area (Å²) in [4.78, 5) is 10.6. The quantitative estimate of drug-likeness (QED) is 0.610. The van der Waals surface area contributed by atoms with Crippen LogP contribution in [0.15, 0.2) is 48.5 Å². The molecule has 0 aliphatic heterocycles. The summed E-state index contributed by atoms with van der Waals surface area (Å²) in [7, 11) is 0. The van der Waals surface area contributed by atoms with Gasteiger partial charge in [-0.05, 0) is 36.6 Å². The van der Waals surface area contributed by atoms with Crippen LogP contribution in [0, 0.1) is 17.0 Å². The summed E-state index contributed by atoms with van der Waals surface area (Å²) in [5.74, 6) is -0.119. The lowest BCUT2D eigenvalue weighted by Gasteiger charge is -2.14. The molecule has 0 N–H and O–H groups in total. The van der Waals surface area contributed by atoms with Crippen LogP contribution < -0.4 is 0 Å². The Labute approximate surface area is 123 Å². The lowest BCUT2D eigenvalue weighted by Crippen LogP contribution is -2.15. The highest BCUT2D eigenvalue weighted by Gasteiger charge is 2.18. The molecular formula is C16H16ClNO2. The number of hydrogen-bond acceptors (Lipinski definition) is 2. The standard InChI is InChI=1S/C16H16ClNO2/c1-12-2-6-14(7-3-12)15(11-18(19)20)10-13-4-8-16(17)9-5-13/h2-9,15H,10-11H2,1H3. The van der Waals surface area contributed by atoms with Crippen LogP contribution in [0.3, 0.4) is 0 Å².